The van der Waals surface area contributed by atoms with E-state index >= 15 is 0 Å². The lowest BCUT2D eigenvalue weighted by Crippen LogP contribution is -2.48. The second-order valence-corrected chi connectivity index (χ2v) is 10.8. The first-order valence-electron chi connectivity index (χ1n) is 10.6. The predicted octanol–water partition coefficient (Wildman–Crippen LogP) is 2.12. The Kier molecular flexibility index (Phi) is 5.07. The van der Waals surface area contributed by atoms with Crippen molar-refractivity contribution in [3.63, 3.8) is 0 Å². The molecule has 29 heavy (non-hydrogen) atoms. The molecule has 1 aromatic carbocycles. The monoisotopic (exact) mass is 416 g/mol. The fraction of sp³-hybridized carbons (Fsp3) is 0.619. The van der Waals surface area contributed by atoms with E-state index in [4.69, 9.17) is 4.74 Å². The molecular weight excluding hydrogens is 388 g/mol. The number of sulfone groups is 1. The van der Waals surface area contributed by atoms with E-state index in [1.54, 1.807) is 6.33 Å². The van der Waals surface area contributed by atoms with Crippen LogP contribution in [-0.2, 0) is 9.84 Å². The first-order chi connectivity index (χ1) is 14.1. The van der Waals surface area contributed by atoms with Crippen molar-refractivity contribution < 1.29 is 13.2 Å². The van der Waals surface area contributed by atoms with E-state index in [9.17, 15) is 8.42 Å². The largest absolute Gasteiger partial charge is 0.474 e. The molecule has 7 nitrogen and oxygen atoms in total. The van der Waals surface area contributed by atoms with E-state index in [0.29, 0.717) is 29.4 Å². The van der Waals surface area contributed by atoms with Gasteiger partial charge in [-0.05, 0) is 49.8 Å². The minimum atomic E-state index is -2.79. The summed E-state index contributed by atoms with van der Waals surface area (Å²) < 4.78 is 29.5. The van der Waals surface area contributed by atoms with Crippen LogP contribution in [0.5, 0.6) is 5.88 Å². The van der Waals surface area contributed by atoms with Crippen LogP contribution in [0.15, 0.2) is 24.5 Å². The molecule has 5 rings (SSSR count). The smallest absolute Gasteiger partial charge is 0.224 e. The lowest BCUT2D eigenvalue weighted by atomic mass is 9.96. The summed E-state index contributed by atoms with van der Waals surface area (Å²) in [5, 5.41) is 0.982. The third kappa shape index (κ3) is 4.19. The summed E-state index contributed by atoms with van der Waals surface area (Å²) in [4.78, 5) is 13.6. The van der Waals surface area contributed by atoms with Crippen LogP contribution < -0.4 is 9.64 Å². The molecule has 0 bridgehead atoms. The molecule has 1 atom stereocenters. The van der Waals surface area contributed by atoms with E-state index in [1.165, 1.54) is 12.1 Å². The number of benzene rings is 1. The van der Waals surface area contributed by atoms with Gasteiger partial charge in [-0.1, -0.05) is 0 Å². The minimum absolute atomic E-state index is 0.291. The average Bonchev–Trinajstić information content (AvgIpc) is 3.03. The minimum Gasteiger partial charge on any atom is -0.474 e. The van der Waals surface area contributed by atoms with Gasteiger partial charge in [-0.3, -0.25) is 4.90 Å². The molecule has 2 saturated heterocycles. The standard InChI is InChI=1S/C21H28N4O3S/c26-29(27)11-6-16(14-29)13-24-7-9-25(10-8-24)17-4-5-20-19(12-17)21(23-15-22-20)28-18-2-1-3-18/h4-5,12,15-16,18H,1-3,6-11,13-14H2. The molecule has 0 radical (unpaired) electrons. The fourth-order valence-corrected chi connectivity index (χ4v) is 6.38. The molecule has 3 heterocycles. The van der Waals surface area contributed by atoms with Crippen molar-refractivity contribution in [2.45, 2.75) is 31.8 Å². The van der Waals surface area contributed by atoms with E-state index in [-0.39, 0.29) is 0 Å². The Hall–Kier alpha value is -1.93. The summed E-state index contributed by atoms with van der Waals surface area (Å²) in [6.45, 7) is 4.71. The van der Waals surface area contributed by atoms with Gasteiger partial charge in [-0.2, -0.15) is 0 Å². The van der Waals surface area contributed by atoms with Crippen LogP contribution in [0.1, 0.15) is 25.7 Å². The van der Waals surface area contributed by atoms with Crippen molar-refractivity contribution in [1.29, 1.82) is 0 Å². The van der Waals surface area contributed by atoms with Gasteiger partial charge in [0.15, 0.2) is 9.84 Å². The molecule has 1 aliphatic carbocycles. The van der Waals surface area contributed by atoms with E-state index in [0.717, 1.165) is 62.9 Å². The van der Waals surface area contributed by atoms with Crippen molar-refractivity contribution in [3.05, 3.63) is 24.5 Å². The number of anilines is 1. The van der Waals surface area contributed by atoms with Crippen molar-refractivity contribution in [2.75, 3.05) is 49.1 Å². The number of ether oxygens (including phenoxy) is 1. The normalized spacial score (nSPS) is 25.2. The van der Waals surface area contributed by atoms with Crippen LogP contribution >= 0.6 is 0 Å². The predicted molar refractivity (Wildman–Crippen MR) is 113 cm³/mol. The molecule has 1 aromatic heterocycles. The maximum absolute atomic E-state index is 11.7. The lowest BCUT2D eigenvalue weighted by Gasteiger charge is -2.37. The Labute approximate surface area is 172 Å². The van der Waals surface area contributed by atoms with Gasteiger partial charge in [0.05, 0.1) is 22.4 Å². The third-order valence-corrected chi connectivity index (χ3v) is 8.33. The molecule has 0 N–H and O–H groups in total. The Morgan fingerprint density at radius 2 is 1.90 bits per heavy atom. The average molecular weight is 417 g/mol. The zero-order valence-electron chi connectivity index (χ0n) is 16.7. The second kappa shape index (κ2) is 7.72. The highest BCUT2D eigenvalue weighted by Crippen LogP contribution is 2.31. The Bertz CT molecular complexity index is 985. The SMILES string of the molecule is O=S1(=O)CCC(CN2CCN(c3ccc4ncnc(OC5CCC5)c4c3)CC2)C1. The quantitative estimate of drug-likeness (QED) is 0.739. The highest BCUT2D eigenvalue weighted by atomic mass is 32.2. The topological polar surface area (TPSA) is 75.6 Å². The van der Waals surface area contributed by atoms with Gasteiger partial charge in [-0.15, -0.1) is 0 Å². The Morgan fingerprint density at radius 1 is 1.07 bits per heavy atom. The van der Waals surface area contributed by atoms with Gasteiger partial charge in [-0.25, -0.2) is 18.4 Å². The van der Waals surface area contributed by atoms with Crippen molar-refractivity contribution in [3.8, 4) is 5.88 Å². The van der Waals surface area contributed by atoms with Gasteiger partial charge < -0.3 is 9.64 Å². The second-order valence-electron chi connectivity index (χ2n) is 8.61. The maximum Gasteiger partial charge on any atom is 0.224 e. The number of aromatic nitrogens is 2. The number of hydrogen-bond acceptors (Lipinski definition) is 7. The molecule has 1 unspecified atom stereocenters. The van der Waals surface area contributed by atoms with Crippen LogP contribution in [0.4, 0.5) is 5.69 Å². The number of rotatable bonds is 5. The van der Waals surface area contributed by atoms with Gasteiger partial charge in [0.1, 0.15) is 12.4 Å². The van der Waals surface area contributed by atoms with Crippen molar-refractivity contribution in [1.82, 2.24) is 14.9 Å². The van der Waals surface area contributed by atoms with E-state index in [1.807, 2.05) is 0 Å². The summed E-state index contributed by atoms with van der Waals surface area (Å²) in [5.74, 6) is 1.72. The molecular formula is C21H28N4O3S. The van der Waals surface area contributed by atoms with E-state index < -0.39 is 9.84 Å². The summed E-state index contributed by atoms with van der Waals surface area (Å²) in [6, 6.07) is 6.33. The highest BCUT2D eigenvalue weighted by Gasteiger charge is 2.30. The van der Waals surface area contributed by atoms with Crippen LogP contribution in [0.2, 0.25) is 0 Å². The molecule has 156 valence electrons. The molecule has 0 spiro atoms. The van der Waals surface area contributed by atoms with E-state index in [2.05, 4.69) is 38.0 Å². The lowest BCUT2D eigenvalue weighted by molar-refractivity contribution is 0.116. The Balaban J connectivity index is 1.25. The van der Waals surface area contributed by atoms with Crippen LogP contribution in [0.25, 0.3) is 10.9 Å². The number of nitrogens with zero attached hydrogens (tertiary/aromatic N) is 4. The fourth-order valence-electron chi connectivity index (χ4n) is 4.53. The zero-order chi connectivity index (χ0) is 19.8. The third-order valence-electron chi connectivity index (χ3n) is 6.49. The number of piperazine rings is 1. The van der Waals surface area contributed by atoms with Crippen molar-refractivity contribution in [2.24, 2.45) is 5.92 Å². The first-order valence-corrected chi connectivity index (χ1v) is 12.5. The van der Waals surface area contributed by atoms with Crippen LogP contribution in [0.3, 0.4) is 0 Å². The highest BCUT2D eigenvalue weighted by molar-refractivity contribution is 7.91. The number of hydrogen-bond donors (Lipinski definition) is 0. The van der Waals surface area contributed by atoms with Crippen LogP contribution in [0, 0.1) is 5.92 Å². The van der Waals surface area contributed by atoms with Gasteiger partial charge in [0.25, 0.3) is 0 Å². The molecule has 8 heteroatoms. The maximum atomic E-state index is 11.7. The molecule has 3 aliphatic rings. The summed E-state index contributed by atoms with van der Waals surface area (Å²) in [5.41, 5.74) is 2.09. The number of fused-ring (bicyclic) bond motifs is 1. The van der Waals surface area contributed by atoms with Crippen molar-refractivity contribution >= 4 is 26.4 Å². The molecule has 1 saturated carbocycles. The molecule has 2 aliphatic heterocycles. The van der Waals surface area contributed by atoms with Crippen LogP contribution in [-0.4, -0.2) is 73.6 Å². The van der Waals surface area contributed by atoms with Gasteiger partial charge >= 0.3 is 0 Å². The van der Waals surface area contributed by atoms with Gasteiger partial charge in [0.2, 0.25) is 5.88 Å². The zero-order valence-corrected chi connectivity index (χ0v) is 17.5. The summed E-state index contributed by atoms with van der Waals surface area (Å²) >= 11 is 0. The molecule has 3 fully saturated rings. The molecule has 0 amide bonds. The van der Waals surface area contributed by atoms with Gasteiger partial charge in [0, 0.05) is 38.4 Å². The summed E-state index contributed by atoms with van der Waals surface area (Å²) in [7, 11) is -2.79. The molecule has 2 aromatic rings. The first kappa shape index (κ1) is 19.1. The summed E-state index contributed by atoms with van der Waals surface area (Å²) in [6.07, 6.45) is 6.13. The Morgan fingerprint density at radius 3 is 2.59 bits per heavy atom.